The lowest BCUT2D eigenvalue weighted by molar-refractivity contribution is -0.142. The number of carbonyl (C=O) groups is 2. The van der Waals surface area contributed by atoms with Crippen LogP contribution in [0.3, 0.4) is 0 Å². The predicted octanol–water partition coefficient (Wildman–Crippen LogP) is 2.09. The Morgan fingerprint density at radius 2 is 1.59 bits per heavy atom. The Morgan fingerprint density at radius 3 is 2.19 bits per heavy atom. The molecule has 1 aromatic rings. The summed E-state index contributed by atoms with van der Waals surface area (Å²) < 4.78 is 5.41. The average molecular weight is 371 g/mol. The van der Waals surface area contributed by atoms with Crippen LogP contribution in [0.25, 0.3) is 0 Å². The van der Waals surface area contributed by atoms with Crippen molar-refractivity contribution in [1.29, 1.82) is 0 Å². The summed E-state index contributed by atoms with van der Waals surface area (Å²) in [5.74, 6) is -0.0432. The van der Waals surface area contributed by atoms with Crippen molar-refractivity contribution < 1.29 is 14.3 Å². The molecule has 0 aromatic heterocycles. The van der Waals surface area contributed by atoms with Crippen molar-refractivity contribution >= 4 is 17.5 Å². The van der Waals surface area contributed by atoms with Crippen molar-refractivity contribution in [3.63, 3.8) is 0 Å². The Kier molecular flexibility index (Phi) is 5.45. The molecule has 2 saturated heterocycles. The van der Waals surface area contributed by atoms with Gasteiger partial charge in [-0.25, -0.2) is 0 Å². The van der Waals surface area contributed by atoms with Gasteiger partial charge in [0.15, 0.2) is 0 Å². The van der Waals surface area contributed by atoms with Gasteiger partial charge in [0.25, 0.3) is 0 Å². The Morgan fingerprint density at radius 1 is 1.00 bits per heavy atom. The molecule has 146 valence electrons. The molecule has 6 heteroatoms. The van der Waals surface area contributed by atoms with Crippen LogP contribution < -0.4 is 4.90 Å². The van der Waals surface area contributed by atoms with Gasteiger partial charge >= 0.3 is 0 Å². The minimum absolute atomic E-state index is 0.0409. The predicted molar refractivity (Wildman–Crippen MR) is 103 cm³/mol. The third kappa shape index (κ3) is 3.87. The van der Waals surface area contributed by atoms with Crippen LogP contribution >= 0.6 is 0 Å². The van der Waals surface area contributed by atoms with Crippen LogP contribution in [0.1, 0.15) is 31.2 Å². The largest absolute Gasteiger partial charge is 0.378 e. The van der Waals surface area contributed by atoms with Crippen molar-refractivity contribution in [2.24, 2.45) is 11.8 Å². The molecule has 4 rings (SSSR count). The number of rotatable bonds is 5. The number of likely N-dealkylation sites (tertiary alicyclic amines) is 1. The van der Waals surface area contributed by atoms with Gasteiger partial charge in [0.05, 0.1) is 31.7 Å². The second-order valence-electron chi connectivity index (χ2n) is 8.02. The topological polar surface area (TPSA) is 53.1 Å². The highest BCUT2D eigenvalue weighted by atomic mass is 16.5. The molecule has 6 nitrogen and oxygen atoms in total. The normalized spacial score (nSPS) is 26.0. The Balaban J connectivity index is 1.34. The number of imide groups is 1. The van der Waals surface area contributed by atoms with E-state index >= 15 is 0 Å². The lowest BCUT2D eigenvalue weighted by atomic mass is 9.81. The molecule has 0 unspecified atom stereocenters. The number of hydrogen-bond acceptors (Lipinski definition) is 5. The van der Waals surface area contributed by atoms with Crippen molar-refractivity contribution in [2.45, 2.75) is 32.2 Å². The van der Waals surface area contributed by atoms with Gasteiger partial charge in [-0.3, -0.25) is 19.4 Å². The Labute approximate surface area is 161 Å². The summed E-state index contributed by atoms with van der Waals surface area (Å²) in [5, 5.41) is 0. The fourth-order valence-corrected chi connectivity index (χ4v) is 4.61. The quantitative estimate of drug-likeness (QED) is 0.742. The highest BCUT2D eigenvalue weighted by Crippen LogP contribution is 2.38. The van der Waals surface area contributed by atoms with E-state index in [9.17, 15) is 9.59 Å². The van der Waals surface area contributed by atoms with E-state index in [1.165, 1.54) is 16.2 Å². The van der Waals surface area contributed by atoms with Crippen LogP contribution in [0.15, 0.2) is 24.3 Å². The molecular weight excluding hydrogens is 342 g/mol. The fourth-order valence-electron chi connectivity index (χ4n) is 4.61. The van der Waals surface area contributed by atoms with E-state index in [1.807, 2.05) is 7.05 Å². The maximum absolute atomic E-state index is 12.6. The smallest absolute Gasteiger partial charge is 0.234 e. The van der Waals surface area contributed by atoms with E-state index in [2.05, 4.69) is 34.1 Å². The van der Waals surface area contributed by atoms with Crippen molar-refractivity contribution in [3.8, 4) is 0 Å². The lowest BCUT2D eigenvalue weighted by Crippen LogP contribution is -2.40. The minimum Gasteiger partial charge on any atom is -0.378 e. The first-order valence-corrected chi connectivity index (χ1v) is 10.1. The van der Waals surface area contributed by atoms with Crippen molar-refractivity contribution in [3.05, 3.63) is 29.8 Å². The van der Waals surface area contributed by atoms with E-state index in [-0.39, 0.29) is 23.7 Å². The number of fused-ring (bicyclic) bond motifs is 1. The molecule has 2 aliphatic heterocycles. The molecule has 2 atom stereocenters. The number of benzene rings is 1. The Hall–Kier alpha value is -1.92. The summed E-state index contributed by atoms with van der Waals surface area (Å²) in [7, 11) is 1.97. The number of ether oxygens (including phenoxy) is 1. The highest BCUT2D eigenvalue weighted by molar-refractivity contribution is 6.05. The summed E-state index contributed by atoms with van der Waals surface area (Å²) in [4.78, 5) is 31.1. The van der Waals surface area contributed by atoms with E-state index < -0.39 is 0 Å². The van der Waals surface area contributed by atoms with Crippen LogP contribution in [0.2, 0.25) is 0 Å². The zero-order chi connectivity index (χ0) is 18.8. The van der Waals surface area contributed by atoms with Gasteiger partial charge in [-0.2, -0.15) is 0 Å². The second-order valence-corrected chi connectivity index (χ2v) is 8.02. The highest BCUT2D eigenvalue weighted by Gasteiger charge is 2.48. The molecule has 2 heterocycles. The van der Waals surface area contributed by atoms with Gasteiger partial charge in [0.1, 0.15) is 0 Å². The molecular formula is C21H29N3O3. The van der Waals surface area contributed by atoms with E-state index in [4.69, 9.17) is 4.74 Å². The zero-order valence-electron chi connectivity index (χ0n) is 16.1. The molecule has 1 saturated carbocycles. The van der Waals surface area contributed by atoms with Gasteiger partial charge in [-0.05, 0) is 37.6 Å². The second kappa shape index (κ2) is 7.98. The van der Waals surface area contributed by atoms with Crippen LogP contribution in [0, 0.1) is 11.8 Å². The van der Waals surface area contributed by atoms with Gasteiger partial charge in [-0.1, -0.05) is 25.0 Å². The average Bonchev–Trinajstić information content (AvgIpc) is 2.94. The SMILES string of the molecule is CN(Cc1ccc(N2CCOCC2)cc1)CN1C(=O)[C@H]2CCCC[C@@H]2C1=O. The summed E-state index contributed by atoms with van der Waals surface area (Å²) in [6.45, 7) is 4.53. The number of hydrogen-bond donors (Lipinski definition) is 0. The summed E-state index contributed by atoms with van der Waals surface area (Å²) in [5.41, 5.74) is 2.41. The fraction of sp³-hybridized carbons (Fsp3) is 0.619. The van der Waals surface area contributed by atoms with Crippen LogP contribution in [-0.2, 0) is 20.9 Å². The molecule has 1 aromatic carbocycles. The number of carbonyl (C=O) groups excluding carboxylic acids is 2. The first-order valence-electron chi connectivity index (χ1n) is 10.1. The monoisotopic (exact) mass is 371 g/mol. The number of nitrogens with zero attached hydrogens (tertiary/aromatic N) is 3. The zero-order valence-corrected chi connectivity index (χ0v) is 16.1. The standard InChI is InChI=1S/C21H29N3O3/c1-22(15-24-20(25)18-4-2-3-5-19(18)21(24)26)14-16-6-8-17(9-7-16)23-10-12-27-13-11-23/h6-9,18-19H,2-5,10-15H2,1H3/t18-,19-/m0/s1. The van der Waals surface area contributed by atoms with Crippen molar-refractivity contribution in [1.82, 2.24) is 9.80 Å². The minimum atomic E-state index is -0.0625. The third-order valence-corrected chi connectivity index (χ3v) is 6.08. The number of anilines is 1. The van der Waals surface area contributed by atoms with Crippen LogP contribution in [-0.4, -0.2) is 61.6 Å². The maximum Gasteiger partial charge on any atom is 0.234 e. The van der Waals surface area contributed by atoms with Gasteiger partial charge in [-0.15, -0.1) is 0 Å². The molecule has 3 aliphatic rings. The summed E-state index contributed by atoms with van der Waals surface area (Å²) in [6, 6.07) is 8.56. The molecule has 2 amide bonds. The first-order chi connectivity index (χ1) is 13.1. The first kappa shape index (κ1) is 18.4. The number of morpholine rings is 1. The maximum atomic E-state index is 12.6. The molecule has 1 aliphatic carbocycles. The summed E-state index contributed by atoms with van der Waals surface area (Å²) >= 11 is 0. The van der Waals surface area contributed by atoms with Crippen LogP contribution in [0.5, 0.6) is 0 Å². The van der Waals surface area contributed by atoms with E-state index in [1.54, 1.807) is 0 Å². The van der Waals surface area contributed by atoms with Gasteiger partial charge < -0.3 is 9.64 Å². The van der Waals surface area contributed by atoms with Crippen LogP contribution in [0.4, 0.5) is 5.69 Å². The van der Waals surface area contributed by atoms with E-state index in [0.717, 1.165) is 58.5 Å². The molecule has 27 heavy (non-hydrogen) atoms. The Bertz CT molecular complexity index is 660. The molecule has 0 N–H and O–H groups in total. The lowest BCUT2D eigenvalue weighted by Gasteiger charge is -2.29. The summed E-state index contributed by atoms with van der Waals surface area (Å²) in [6.07, 6.45) is 3.88. The number of amides is 2. The van der Waals surface area contributed by atoms with Gasteiger partial charge in [0.2, 0.25) is 11.8 Å². The molecule has 0 radical (unpaired) electrons. The van der Waals surface area contributed by atoms with Crippen molar-refractivity contribution in [2.75, 3.05) is 44.9 Å². The van der Waals surface area contributed by atoms with E-state index in [0.29, 0.717) is 6.67 Å². The molecule has 0 bridgehead atoms. The third-order valence-electron chi connectivity index (χ3n) is 6.08. The van der Waals surface area contributed by atoms with Gasteiger partial charge in [0, 0.05) is 25.3 Å². The molecule has 0 spiro atoms. The molecule has 3 fully saturated rings.